The van der Waals surface area contributed by atoms with Gasteiger partial charge in [-0.3, -0.25) is 9.05 Å². The van der Waals surface area contributed by atoms with Crippen LogP contribution >= 0.6 is 7.82 Å². The molecular weight excluding hydrogens is 621 g/mol. The number of likely N-dealkylation sites (N-methyl/N-ethyl adjacent to an activating group) is 1. The van der Waals surface area contributed by atoms with Crippen LogP contribution in [0.3, 0.4) is 0 Å². The predicted molar refractivity (Wildman–Crippen MR) is 206 cm³/mol. The molecule has 8 heteroatoms. The van der Waals surface area contributed by atoms with Gasteiger partial charge in [0.05, 0.1) is 34.4 Å². The molecule has 0 fully saturated rings. The minimum atomic E-state index is -4.13. The minimum Gasteiger partial charge on any atom is -0.379 e. The second-order valence-corrected chi connectivity index (χ2v) is 16.8. The normalized spacial score (nSPS) is 14.0. The number of quaternary nitrogens is 1. The van der Waals surface area contributed by atoms with Gasteiger partial charge >= 0.3 is 7.82 Å². The van der Waals surface area contributed by atoms with E-state index in [4.69, 9.17) is 18.5 Å². The van der Waals surface area contributed by atoms with E-state index in [1.54, 1.807) is 0 Å². The Bertz CT molecular complexity index is 689. The molecule has 1 N–H and O–H groups in total. The molecule has 0 bridgehead atoms. The summed E-state index contributed by atoms with van der Waals surface area (Å²) in [5.74, 6) is 0. The van der Waals surface area contributed by atoms with Crippen molar-refractivity contribution in [2.75, 3.05) is 60.7 Å². The topological polar surface area (TPSA) is 74.2 Å². The third-order valence-electron chi connectivity index (χ3n) is 9.24. The maximum Gasteiger partial charge on any atom is 0.472 e. The Hall–Kier alpha value is -0.0100. The maximum absolute atomic E-state index is 12.4. The van der Waals surface area contributed by atoms with Crippen molar-refractivity contribution in [1.29, 1.82) is 0 Å². The Kier molecular flexibility index (Phi) is 35.4. The second-order valence-electron chi connectivity index (χ2n) is 15.4. The molecule has 0 aliphatic rings. The highest BCUT2D eigenvalue weighted by molar-refractivity contribution is 7.47. The van der Waals surface area contributed by atoms with Crippen molar-refractivity contribution in [3.63, 3.8) is 0 Å². The number of nitrogens with zero attached hydrogens (tertiary/aromatic N) is 1. The Labute approximate surface area is 300 Å². The zero-order valence-corrected chi connectivity index (χ0v) is 33.9. The molecule has 0 amide bonds. The molecule has 290 valence electrons. The van der Waals surface area contributed by atoms with Crippen LogP contribution in [0.25, 0.3) is 0 Å². The molecule has 0 radical (unpaired) electrons. The van der Waals surface area contributed by atoms with Gasteiger partial charge in [0.25, 0.3) is 0 Å². The van der Waals surface area contributed by atoms with Crippen molar-refractivity contribution in [2.45, 2.75) is 200 Å². The molecule has 48 heavy (non-hydrogen) atoms. The van der Waals surface area contributed by atoms with Crippen molar-refractivity contribution >= 4 is 7.82 Å². The Morgan fingerprint density at radius 1 is 0.479 bits per heavy atom. The van der Waals surface area contributed by atoms with Crippen LogP contribution in [0.15, 0.2) is 0 Å². The first-order chi connectivity index (χ1) is 23.2. The van der Waals surface area contributed by atoms with Crippen LogP contribution in [0.5, 0.6) is 0 Å². The zero-order valence-electron chi connectivity index (χ0n) is 33.0. The fourth-order valence-electron chi connectivity index (χ4n) is 5.95. The molecule has 0 rings (SSSR count). The average molecular weight is 707 g/mol. The first-order valence-electron chi connectivity index (χ1n) is 20.8. The summed E-state index contributed by atoms with van der Waals surface area (Å²) in [6, 6.07) is 0. The van der Waals surface area contributed by atoms with E-state index in [0.717, 1.165) is 19.3 Å². The van der Waals surface area contributed by atoms with Gasteiger partial charge in [0.2, 0.25) is 0 Å². The van der Waals surface area contributed by atoms with Crippen LogP contribution in [0.4, 0.5) is 0 Å². The summed E-state index contributed by atoms with van der Waals surface area (Å²) in [4.78, 5) is 10.2. The molecule has 0 aliphatic carbocycles. The van der Waals surface area contributed by atoms with Gasteiger partial charge in [0, 0.05) is 13.2 Å². The molecule has 0 aromatic carbocycles. The largest absolute Gasteiger partial charge is 0.472 e. The van der Waals surface area contributed by atoms with Gasteiger partial charge in [-0.2, -0.15) is 0 Å². The van der Waals surface area contributed by atoms with Crippen molar-refractivity contribution in [3.8, 4) is 0 Å². The lowest BCUT2D eigenvalue weighted by Gasteiger charge is -2.24. The highest BCUT2D eigenvalue weighted by Gasteiger charge is 2.25. The summed E-state index contributed by atoms with van der Waals surface area (Å²) in [7, 11) is 1.92. The molecule has 0 saturated carbocycles. The van der Waals surface area contributed by atoms with Crippen LogP contribution in [0.1, 0.15) is 194 Å². The molecule has 0 saturated heterocycles. The van der Waals surface area contributed by atoms with E-state index in [1.807, 2.05) is 21.1 Å². The fourth-order valence-corrected chi connectivity index (χ4v) is 6.69. The minimum absolute atomic E-state index is 0.00473. The lowest BCUT2D eigenvalue weighted by molar-refractivity contribution is -0.870. The predicted octanol–water partition coefficient (Wildman–Crippen LogP) is 12.2. The number of phosphoric acid groups is 1. The lowest BCUT2D eigenvalue weighted by Crippen LogP contribution is -2.37. The molecule has 0 spiro atoms. The molecule has 0 aromatic heterocycles. The van der Waals surface area contributed by atoms with Crippen molar-refractivity contribution in [3.05, 3.63) is 0 Å². The number of hydrogen-bond acceptors (Lipinski definition) is 5. The van der Waals surface area contributed by atoms with Gasteiger partial charge in [0.15, 0.2) is 0 Å². The summed E-state index contributed by atoms with van der Waals surface area (Å²) in [5, 5.41) is 0. The van der Waals surface area contributed by atoms with Crippen LogP contribution in [-0.2, 0) is 23.1 Å². The number of hydrogen-bond donors (Lipinski definition) is 1. The molecule has 0 heterocycles. The van der Waals surface area contributed by atoms with Crippen molar-refractivity contribution in [2.24, 2.45) is 0 Å². The third-order valence-corrected chi connectivity index (χ3v) is 10.2. The average Bonchev–Trinajstić information content (AvgIpc) is 3.04. The molecule has 0 aromatic rings. The fraction of sp³-hybridized carbons (Fsp3) is 1.00. The lowest BCUT2D eigenvalue weighted by atomic mass is 10.0. The summed E-state index contributed by atoms with van der Waals surface area (Å²) >= 11 is 0. The van der Waals surface area contributed by atoms with Crippen molar-refractivity contribution in [1.82, 2.24) is 0 Å². The first-order valence-corrected chi connectivity index (χ1v) is 22.3. The molecule has 0 aliphatic heterocycles. The third kappa shape index (κ3) is 38.8. The molecule has 7 nitrogen and oxygen atoms in total. The Balaban J connectivity index is 4.03. The van der Waals surface area contributed by atoms with E-state index in [2.05, 4.69) is 13.8 Å². The van der Waals surface area contributed by atoms with Gasteiger partial charge in [0.1, 0.15) is 19.3 Å². The highest BCUT2D eigenvalue weighted by atomic mass is 31.2. The summed E-state index contributed by atoms with van der Waals surface area (Å²) in [6.45, 7) is 7.01. The first kappa shape index (κ1) is 48.0. The molecule has 2 atom stereocenters. The summed E-state index contributed by atoms with van der Waals surface area (Å²) in [6.07, 6.45) is 36.9. The van der Waals surface area contributed by atoms with E-state index < -0.39 is 7.82 Å². The number of phosphoric ester groups is 1. The zero-order chi connectivity index (χ0) is 35.4. The van der Waals surface area contributed by atoms with Crippen molar-refractivity contribution < 1.29 is 32.5 Å². The van der Waals surface area contributed by atoms with Gasteiger partial charge in [-0.1, -0.05) is 181 Å². The van der Waals surface area contributed by atoms with E-state index >= 15 is 0 Å². The van der Waals surface area contributed by atoms with Crippen LogP contribution in [0.2, 0.25) is 0 Å². The number of rotatable bonds is 40. The van der Waals surface area contributed by atoms with E-state index in [1.165, 1.54) is 161 Å². The van der Waals surface area contributed by atoms with E-state index in [-0.39, 0.29) is 19.3 Å². The second kappa shape index (κ2) is 35.4. The molecule has 2 unspecified atom stereocenters. The van der Waals surface area contributed by atoms with Crippen LogP contribution in [0, 0.1) is 0 Å². The van der Waals surface area contributed by atoms with Gasteiger partial charge in [-0.05, 0) is 12.8 Å². The number of ether oxygens (including phenoxy) is 2. The van der Waals surface area contributed by atoms with Crippen LogP contribution < -0.4 is 0 Å². The SMILES string of the molecule is CCCCCCCCCCCCCCCCCCCCOC(COCCCCCCCCCCCC)COP(=O)(O)OCC[N+](C)(C)C. The highest BCUT2D eigenvalue weighted by Crippen LogP contribution is 2.43. The van der Waals surface area contributed by atoms with Gasteiger partial charge in [-0.15, -0.1) is 0 Å². The molecular formula is C40H85NO6P+. The van der Waals surface area contributed by atoms with E-state index in [0.29, 0.717) is 30.8 Å². The van der Waals surface area contributed by atoms with Gasteiger partial charge < -0.3 is 18.9 Å². The van der Waals surface area contributed by atoms with Crippen LogP contribution in [-0.4, -0.2) is 76.2 Å². The Morgan fingerprint density at radius 3 is 1.21 bits per heavy atom. The quantitative estimate of drug-likeness (QED) is 0.0388. The van der Waals surface area contributed by atoms with Gasteiger partial charge in [-0.25, -0.2) is 4.57 Å². The standard InChI is InChI=1S/C40H84NO6P/c1-6-8-10-12-14-16-18-19-20-21-22-23-24-25-27-29-31-33-36-45-40(39-47-48(42,43)46-37-34-41(3,4)5)38-44-35-32-30-28-26-17-15-13-11-9-7-2/h40H,6-39H2,1-5H3/p+1. The summed E-state index contributed by atoms with van der Waals surface area (Å²) < 4.78 is 35.6. The number of unbranched alkanes of at least 4 members (excludes halogenated alkanes) is 26. The summed E-state index contributed by atoms with van der Waals surface area (Å²) in [5.41, 5.74) is 0. The Morgan fingerprint density at radius 2 is 0.833 bits per heavy atom. The maximum atomic E-state index is 12.4. The monoisotopic (exact) mass is 707 g/mol. The smallest absolute Gasteiger partial charge is 0.379 e. The van der Waals surface area contributed by atoms with E-state index in [9.17, 15) is 9.46 Å².